The van der Waals surface area contributed by atoms with E-state index in [1.165, 1.54) is 30.2 Å². The van der Waals surface area contributed by atoms with Crippen molar-refractivity contribution in [3.63, 3.8) is 0 Å². The first-order valence-electron chi connectivity index (χ1n) is 21.2. The third-order valence-corrected chi connectivity index (χ3v) is 11.7. The lowest BCUT2D eigenvalue weighted by Gasteiger charge is -2.23. The molecule has 2 amide bonds. The number of alkyl carbamates (subject to hydrolysis) is 1. The molecule has 3 N–H and O–H groups in total. The highest BCUT2D eigenvalue weighted by Crippen LogP contribution is 2.35. The minimum absolute atomic E-state index is 0. The van der Waals surface area contributed by atoms with Crippen molar-refractivity contribution in [2.45, 2.75) is 120 Å². The van der Waals surface area contributed by atoms with Gasteiger partial charge in [-0.25, -0.2) is 9.78 Å². The maximum Gasteiger partial charge on any atom is 0.407 e. The number of hydrogen-bond donors (Lipinski definition) is 2. The molecule has 0 spiro atoms. The summed E-state index contributed by atoms with van der Waals surface area (Å²) in [6.45, 7) is 1.29. The summed E-state index contributed by atoms with van der Waals surface area (Å²) in [5, 5.41) is 3.42. The van der Waals surface area contributed by atoms with E-state index in [0.717, 1.165) is 32.2 Å². The van der Waals surface area contributed by atoms with Crippen LogP contribution in [0.25, 0.3) is 10.9 Å². The number of pyridine rings is 1. The Morgan fingerprint density at radius 3 is 2.02 bits per heavy atom. The topological polar surface area (TPSA) is 201 Å². The van der Waals surface area contributed by atoms with Gasteiger partial charge in [-0.1, -0.05) is 37.1 Å². The number of rotatable bonds is 28. The zero-order valence-corrected chi connectivity index (χ0v) is 40.0. The molecule has 14 nitrogen and oxygen atoms in total. The van der Waals surface area contributed by atoms with Gasteiger partial charge in [0.25, 0.3) is 0 Å². The van der Waals surface area contributed by atoms with Crippen molar-refractivity contribution in [1.82, 2.24) is 15.2 Å². The molecular weight excluding hydrogens is 928 g/mol. The van der Waals surface area contributed by atoms with Crippen LogP contribution in [0.2, 0.25) is 0 Å². The lowest BCUT2D eigenvalue weighted by Crippen LogP contribution is -2.31. The van der Waals surface area contributed by atoms with Crippen LogP contribution >= 0.6 is 28.3 Å². The molecule has 17 heteroatoms. The van der Waals surface area contributed by atoms with Crippen molar-refractivity contribution in [3.05, 3.63) is 64.8 Å². The lowest BCUT2D eigenvalue weighted by atomic mass is 10.1. The van der Waals surface area contributed by atoms with E-state index in [-0.39, 0.29) is 72.3 Å². The molecule has 3 rings (SSSR count). The summed E-state index contributed by atoms with van der Waals surface area (Å²) in [5.41, 5.74) is 6.08. The minimum atomic E-state index is -4.13. The molecule has 0 bridgehead atoms. The van der Waals surface area contributed by atoms with Crippen LogP contribution in [0.3, 0.4) is 0 Å². The highest BCUT2D eigenvalue weighted by molar-refractivity contribution is 9.10. The van der Waals surface area contributed by atoms with Crippen LogP contribution in [0.15, 0.2) is 64.0 Å². The largest absolute Gasteiger partial charge is 0.469 e. The van der Waals surface area contributed by atoms with E-state index in [9.17, 15) is 32.4 Å². The normalized spacial score (nSPS) is 11.0. The number of terminal acetylenes is 2. The number of hydrogen-bond acceptors (Lipinski definition) is 12. The van der Waals surface area contributed by atoms with E-state index in [1.54, 1.807) is 43.4 Å². The van der Waals surface area contributed by atoms with Gasteiger partial charge in [0.1, 0.15) is 22.6 Å². The van der Waals surface area contributed by atoms with Crippen LogP contribution in [-0.4, -0.2) is 81.6 Å². The average Bonchev–Trinajstić information content (AvgIpc) is 3.28. The van der Waals surface area contributed by atoms with Gasteiger partial charge in [-0.2, -0.15) is 8.42 Å². The summed E-state index contributed by atoms with van der Waals surface area (Å²) in [4.78, 5) is 66.3. The number of halogens is 2. The fourth-order valence-electron chi connectivity index (χ4n) is 5.99. The Labute approximate surface area is 393 Å². The fraction of sp³-hybridized carbons (Fsp3) is 0.489. The predicted octanol–water partition coefficient (Wildman–Crippen LogP) is 8.57. The van der Waals surface area contributed by atoms with Gasteiger partial charge >= 0.3 is 22.2 Å². The molecule has 3 aromatic rings. The van der Waals surface area contributed by atoms with Gasteiger partial charge in [-0.3, -0.25) is 19.2 Å². The quantitative estimate of drug-likeness (QED) is 0.0304. The molecule has 0 aliphatic carbocycles. The Balaban J connectivity index is 0.00000137. The van der Waals surface area contributed by atoms with Crippen molar-refractivity contribution >= 4 is 78.9 Å². The van der Waals surface area contributed by atoms with Crippen LogP contribution in [0, 0.1) is 24.7 Å². The van der Waals surface area contributed by atoms with Crippen molar-refractivity contribution in [2.24, 2.45) is 5.73 Å². The molecule has 1 heterocycles. The van der Waals surface area contributed by atoms with Crippen LogP contribution in [0.5, 0.6) is 5.75 Å². The van der Waals surface area contributed by atoms with Gasteiger partial charge in [0.2, 0.25) is 5.91 Å². The molecule has 0 aliphatic heterocycles. The van der Waals surface area contributed by atoms with E-state index in [4.69, 9.17) is 32.5 Å². The van der Waals surface area contributed by atoms with E-state index in [2.05, 4.69) is 37.8 Å². The van der Waals surface area contributed by atoms with E-state index in [1.807, 2.05) is 0 Å². The Bertz CT molecular complexity index is 2130. The molecule has 0 radical (unpaired) electrons. The molecule has 1 unspecified atom stereocenters. The Hall–Kier alpha value is -5.00. The lowest BCUT2D eigenvalue weighted by molar-refractivity contribution is -0.141. The molecule has 0 aliphatic rings. The SMILES string of the molecule is C#CCCC(=O)CCCCCN.C#CCCC(=O)CCCCCNC(=O)OC(CCN(C)C(=O)CCCCC(=O)OC)c1ccc2ccc(OS(=O)(=O)c3ccccc3)c(Br)c2n1.Cl. The zero-order valence-electron chi connectivity index (χ0n) is 36.8. The number of benzene rings is 2. The number of esters is 1. The van der Waals surface area contributed by atoms with Gasteiger partial charge in [0.15, 0.2) is 5.75 Å². The number of nitrogens with one attached hydrogen (secondary N) is 1. The summed E-state index contributed by atoms with van der Waals surface area (Å²) in [7, 11) is -1.16. The smallest absolute Gasteiger partial charge is 0.407 e. The minimum Gasteiger partial charge on any atom is -0.469 e. The van der Waals surface area contributed by atoms with Gasteiger partial charge in [-0.15, -0.1) is 37.1 Å². The number of fused-ring (bicyclic) bond motifs is 1. The third kappa shape index (κ3) is 22.6. The van der Waals surface area contributed by atoms with Crippen LogP contribution in [0.4, 0.5) is 4.79 Å². The Morgan fingerprint density at radius 1 is 0.812 bits per heavy atom. The average molecular weight is 990 g/mol. The fourth-order valence-corrected chi connectivity index (χ4v) is 7.59. The molecule has 1 atom stereocenters. The second-order valence-corrected chi connectivity index (χ2v) is 17.0. The standard InChI is InChI=1S/C37H44BrN3O9S.C10H17NO.ClH/c1-4-5-14-28(42)15-8-7-13-25-39-37(45)49-31(24-26-41(2)33(43)18-11-12-19-34(44)48-3)30-22-20-27-21-23-32(35(38)36(27)40-30)50-51(46,47)29-16-9-6-10-17-29;1-2-3-7-10(12)8-5-4-6-9-11;/h1,6,9-10,16-17,20-23,31H,5,7-8,11-15,18-19,24-26H2,2-3H3,(H,39,45);1H,3-9,11H2;1H. The predicted molar refractivity (Wildman–Crippen MR) is 253 cm³/mol. The summed E-state index contributed by atoms with van der Waals surface area (Å²) in [6, 6.07) is 14.4. The number of Topliss-reactive ketones (excluding diaryl/α,β-unsaturated/α-hetero) is 2. The van der Waals surface area contributed by atoms with Crippen molar-refractivity contribution in [2.75, 3.05) is 33.8 Å². The van der Waals surface area contributed by atoms with Crippen molar-refractivity contribution < 1.29 is 46.0 Å². The zero-order chi connectivity index (χ0) is 46.5. The summed E-state index contributed by atoms with van der Waals surface area (Å²) >= 11 is 3.46. The van der Waals surface area contributed by atoms with Crippen molar-refractivity contribution in [3.8, 4) is 30.4 Å². The number of carbonyl (C=O) groups is 5. The number of amides is 2. The van der Waals surface area contributed by atoms with Gasteiger partial charge < -0.3 is 29.6 Å². The third-order valence-electron chi connectivity index (χ3n) is 9.66. The highest BCUT2D eigenvalue weighted by Gasteiger charge is 2.23. The number of carbonyl (C=O) groups excluding carboxylic acids is 5. The molecule has 64 heavy (non-hydrogen) atoms. The van der Waals surface area contributed by atoms with E-state index < -0.39 is 22.3 Å². The van der Waals surface area contributed by atoms with Gasteiger partial charge in [-0.05, 0) is 91.3 Å². The van der Waals surface area contributed by atoms with E-state index in [0.29, 0.717) is 91.8 Å². The number of nitrogens with zero attached hydrogens (tertiary/aromatic N) is 2. The van der Waals surface area contributed by atoms with Crippen molar-refractivity contribution in [1.29, 1.82) is 0 Å². The Morgan fingerprint density at radius 2 is 1.41 bits per heavy atom. The molecule has 0 fully saturated rings. The van der Waals surface area contributed by atoms with Gasteiger partial charge in [0.05, 0.1) is 22.8 Å². The molecule has 0 saturated heterocycles. The van der Waals surface area contributed by atoms with Crippen LogP contribution in [-0.2, 0) is 38.8 Å². The first-order valence-corrected chi connectivity index (χ1v) is 23.4. The molecule has 2 aromatic carbocycles. The monoisotopic (exact) mass is 988 g/mol. The molecule has 350 valence electrons. The molecule has 1 aromatic heterocycles. The van der Waals surface area contributed by atoms with Gasteiger partial charge in [0, 0.05) is 83.3 Å². The first-order chi connectivity index (χ1) is 30.3. The van der Waals surface area contributed by atoms with Crippen LogP contribution in [0.1, 0.15) is 121 Å². The number of aromatic nitrogens is 1. The number of methoxy groups -OCH3 is 1. The second kappa shape index (κ2) is 32.6. The number of nitrogens with two attached hydrogens (primary N) is 1. The number of ether oxygens (including phenoxy) is 2. The Kier molecular flexibility index (Phi) is 29.1. The number of ketones is 2. The van der Waals surface area contributed by atoms with Crippen LogP contribution < -0.4 is 15.2 Å². The summed E-state index contributed by atoms with van der Waals surface area (Å²) in [6.07, 6.45) is 18.6. The maximum absolute atomic E-state index is 12.9. The first kappa shape index (κ1) is 57.0. The second-order valence-electron chi connectivity index (χ2n) is 14.6. The maximum atomic E-state index is 12.9. The summed E-state index contributed by atoms with van der Waals surface area (Å²) in [5.74, 6) is 4.90. The summed E-state index contributed by atoms with van der Waals surface area (Å²) < 4.78 is 42.1. The molecule has 0 saturated carbocycles. The highest BCUT2D eigenvalue weighted by atomic mass is 79.9. The molecular formula is C47H62BrClN4O10S. The number of unbranched alkanes of at least 4 members (excludes halogenated alkanes) is 5. The van der Waals surface area contributed by atoms with E-state index >= 15 is 0 Å².